The Labute approximate surface area is 116 Å². The summed E-state index contributed by atoms with van der Waals surface area (Å²) in [4.78, 5) is 13.7. The van der Waals surface area contributed by atoms with E-state index in [4.69, 9.17) is 0 Å². The third kappa shape index (κ3) is 3.59. The van der Waals surface area contributed by atoms with Crippen LogP contribution in [0, 0.1) is 5.92 Å². The zero-order chi connectivity index (χ0) is 13.3. The summed E-state index contributed by atoms with van der Waals surface area (Å²) in [5.74, 6) is -0.0169. The van der Waals surface area contributed by atoms with E-state index in [1.54, 1.807) is 25.8 Å². The number of rotatable bonds is 3. The second-order valence-electron chi connectivity index (χ2n) is 5.30. The van der Waals surface area contributed by atoms with Crippen molar-refractivity contribution in [2.45, 2.75) is 25.5 Å². The SMILES string of the molecule is CNCC(C)C(=O)N1CCS(=O)(=O)C(C)(C)C1.Cl. The molecule has 1 aliphatic heterocycles. The standard InChI is InChI=1S/C11H22N2O3S.ClH/c1-9(7-12-4)10(14)13-5-6-17(15,16)11(2,3)8-13;/h9,12H,5-8H2,1-4H3;1H. The Balaban J connectivity index is 0.00000289. The first kappa shape index (κ1) is 17.7. The van der Waals surface area contributed by atoms with Crippen molar-refractivity contribution in [2.24, 2.45) is 5.92 Å². The van der Waals surface area contributed by atoms with E-state index in [2.05, 4.69) is 5.32 Å². The highest BCUT2D eigenvalue weighted by molar-refractivity contribution is 7.92. The largest absolute Gasteiger partial charge is 0.340 e. The molecule has 1 atom stereocenters. The fourth-order valence-electron chi connectivity index (χ4n) is 2.04. The molecule has 0 radical (unpaired) electrons. The molecule has 0 aromatic heterocycles. The topological polar surface area (TPSA) is 66.5 Å². The normalized spacial score (nSPS) is 23.0. The fourth-order valence-corrected chi connectivity index (χ4v) is 3.40. The van der Waals surface area contributed by atoms with Gasteiger partial charge >= 0.3 is 0 Å². The molecule has 1 saturated heterocycles. The quantitative estimate of drug-likeness (QED) is 0.814. The predicted octanol–water partition coefficient (Wildman–Crippen LogP) is 0.299. The van der Waals surface area contributed by atoms with E-state index in [1.165, 1.54) is 0 Å². The lowest BCUT2D eigenvalue weighted by Gasteiger charge is -2.38. The summed E-state index contributed by atoms with van der Waals surface area (Å²) in [5.41, 5.74) is 0. The van der Waals surface area contributed by atoms with Crippen LogP contribution in [-0.2, 0) is 14.6 Å². The molecular formula is C11H23ClN2O3S. The summed E-state index contributed by atoms with van der Waals surface area (Å²) >= 11 is 0. The average molecular weight is 299 g/mol. The summed E-state index contributed by atoms with van der Waals surface area (Å²) in [5, 5.41) is 2.96. The lowest BCUT2D eigenvalue weighted by Crippen LogP contribution is -2.56. The molecule has 1 fully saturated rings. The number of sulfone groups is 1. The van der Waals surface area contributed by atoms with Crippen molar-refractivity contribution in [3.63, 3.8) is 0 Å². The van der Waals surface area contributed by atoms with Crippen LogP contribution in [0.15, 0.2) is 0 Å². The van der Waals surface area contributed by atoms with Crippen molar-refractivity contribution in [3.8, 4) is 0 Å². The van der Waals surface area contributed by atoms with E-state index < -0.39 is 14.6 Å². The Kier molecular flexibility index (Phi) is 6.10. The number of halogens is 1. The highest BCUT2D eigenvalue weighted by atomic mass is 35.5. The number of amides is 1. The molecule has 1 rings (SSSR count). The Bertz CT molecular complexity index is 395. The third-order valence-electron chi connectivity index (χ3n) is 3.29. The van der Waals surface area contributed by atoms with Crippen LogP contribution in [0.1, 0.15) is 20.8 Å². The van der Waals surface area contributed by atoms with Gasteiger partial charge in [-0.25, -0.2) is 8.42 Å². The zero-order valence-corrected chi connectivity index (χ0v) is 13.0. The number of carbonyl (C=O) groups excluding carboxylic acids is 1. The summed E-state index contributed by atoms with van der Waals surface area (Å²) in [6.45, 7) is 6.45. The molecule has 0 spiro atoms. The van der Waals surface area contributed by atoms with Crippen LogP contribution in [0.4, 0.5) is 0 Å². The van der Waals surface area contributed by atoms with Crippen molar-refractivity contribution < 1.29 is 13.2 Å². The molecule has 7 heteroatoms. The Morgan fingerprint density at radius 3 is 2.44 bits per heavy atom. The highest BCUT2D eigenvalue weighted by Crippen LogP contribution is 2.24. The number of nitrogens with one attached hydrogen (secondary N) is 1. The smallest absolute Gasteiger partial charge is 0.226 e. The van der Waals surface area contributed by atoms with Crippen molar-refractivity contribution in [3.05, 3.63) is 0 Å². The second-order valence-corrected chi connectivity index (χ2v) is 8.04. The van der Waals surface area contributed by atoms with Gasteiger partial charge in [-0.1, -0.05) is 6.92 Å². The minimum Gasteiger partial charge on any atom is -0.340 e. The maximum atomic E-state index is 12.1. The Hall–Kier alpha value is -0.330. The van der Waals surface area contributed by atoms with Gasteiger partial charge in [-0.2, -0.15) is 0 Å². The van der Waals surface area contributed by atoms with Crippen LogP contribution >= 0.6 is 12.4 Å². The molecule has 0 aliphatic carbocycles. The Morgan fingerprint density at radius 1 is 1.44 bits per heavy atom. The van der Waals surface area contributed by atoms with Crippen LogP contribution in [0.5, 0.6) is 0 Å². The van der Waals surface area contributed by atoms with Crippen molar-refractivity contribution in [2.75, 3.05) is 32.4 Å². The first-order chi connectivity index (χ1) is 7.71. The molecule has 1 aliphatic rings. The van der Waals surface area contributed by atoms with Crippen molar-refractivity contribution >= 4 is 28.2 Å². The molecule has 0 aromatic carbocycles. The summed E-state index contributed by atoms with van der Waals surface area (Å²) in [7, 11) is -1.27. The molecular weight excluding hydrogens is 276 g/mol. The van der Waals surface area contributed by atoms with Crippen LogP contribution in [0.2, 0.25) is 0 Å². The number of carbonyl (C=O) groups is 1. The van der Waals surface area contributed by atoms with E-state index in [9.17, 15) is 13.2 Å². The number of hydrogen-bond donors (Lipinski definition) is 1. The van der Waals surface area contributed by atoms with E-state index in [0.717, 1.165) is 0 Å². The maximum Gasteiger partial charge on any atom is 0.226 e. The van der Waals surface area contributed by atoms with E-state index in [-0.39, 0.29) is 30.0 Å². The van der Waals surface area contributed by atoms with Gasteiger partial charge in [0.2, 0.25) is 5.91 Å². The molecule has 1 heterocycles. The van der Waals surface area contributed by atoms with Gasteiger partial charge in [-0.3, -0.25) is 4.79 Å². The lowest BCUT2D eigenvalue weighted by atomic mass is 10.1. The fraction of sp³-hybridized carbons (Fsp3) is 0.909. The molecule has 108 valence electrons. The van der Waals surface area contributed by atoms with Gasteiger partial charge in [0.15, 0.2) is 9.84 Å². The molecule has 0 bridgehead atoms. The first-order valence-electron chi connectivity index (χ1n) is 5.87. The molecule has 1 N–H and O–H groups in total. The van der Waals surface area contributed by atoms with Gasteiger partial charge in [0.1, 0.15) is 0 Å². The molecule has 1 amide bonds. The van der Waals surface area contributed by atoms with Gasteiger partial charge in [-0.05, 0) is 20.9 Å². The maximum absolute atomic E-state index is 12.1. The highest BCUT2D eigenvalue weighted by Gasteiger charge is 2.41. The average Bonchev–Trinajstić information content (AvgIpc) is 2.21. The van der Waals surface area contributed by atoms with Crippen molar-refractivity contribution in [1.29, 1.82) is 0 Å². The van der Waals surface area contributed by atoms with Crippen molar-refractivity contribution in [1.82, 2.24) is 10.2 Å². The van der Waals surface area contributed by atoms with E-state index in [1.807, 2.05) is 6.92 Å². The van der Waals surface area contributed by atoms with Gasteiger partial charge in [0.25, 0.3) is 0 Å². The number of hydrogen-bond acceptors (Lipinski definition) is 4. The van der Waals surface area contributed by atoms with Gasteiger partial charge < -0.3 is 10.2 Å². The van der Waals surface area contributed by atoms with Gasteiger partial charge in [0.05, 0.1) is 10.5 Å². The molecule has 18 heavy (non-hydrogen) atoms. The predicted molar refractivity (Wildman–Crippen MR) is 74.8 cm³/mol. The minimum absolute atomic E-state index is 0. The number of nitrogens with zero attached hydrogens (tertiary/aromatic N) is 1. The molecule has 0 aromatic rings. The van der Waals surface area contributed by atoms with Crippen LogP contribution in [0.3, 0.4) is 0 Å². The molecule has 1 unspecified atom stereocenters. The molecule has 0 saturated carbocycles. The summed E-state index contributed by atoms with van der Waals surface area (Å²) in [6.07, 6.45) is 0. The third-order valence-corrected chi connectivity index (χ3v) is 5.82. The summed E-state index contributed by atoms with van der Waals surface area (Å²) < 4.78 is 22.8. The monoisotopic (exact) mass is 298 g/mol. The lowest BCUT2D eigenvalue weighted by molar-refractivity contribution is -0.135. The Morgan fingerprint density at radius 2 is 2.00 bits per heavy atom. The van der Waals surface area contributed by atoms with Crippen LogP contribution < -0.4 is 5.32 Å². The van der Waals surface area contributed by atoms with Crippen LogP contribution in [-0.4, -0.2) is 56.4 Å². The van der Waals surface area contributed by atoms with E-state index >= 15 is 0 Å². The van der Waals surface area contributed by atoms with E-state index in [0.29, 0.717) is 19.6 Å². The minimum atomic E-state index is -3.07. The molecule has 5 nitrogen and oxygen atoms in total. The summed E-state index contributed by atoms with van der Waals surface area (Å²) in [6, 6.07) is 0. The second kappa shape index (κ2) is 6.21. The zero-order valence-electron chi connectivity index (χ0n) is 11.4. The first-order valence-corrected chi connectivity index (χ1v) is 7.52. The van der Waals surface area contributed by atoms with Gasteiger partial charge in [-0.15, -0.1) is 12.4 Å². The van der Waals surface area contributed by atoms with Crippen LogP contribution in [0.25, 0.3) is 0 Å². The van der Waals surface area contributed by atoms with Gasteiger partial charge in [0, 0.05) is 25.6 Å².